The van der Waals surface area contributed by atoms with Gasteiger partial charge in [-0.25, -0.2) is 8.78 Å². The zero-order valence-electron chi connectivity index (χ0n) is 18.4. The van der Waals surface area contributed by atoms with Crippen LogP contribution in [0.2, 0.25) is 10.0 Å². The van der Waals surface area contributed by atoms with Gasteiger partial charge in [0.25, 0.3) is 5.91 Å². The maximum absolute atomic E-state index is 13.8. The number of aliphatic hydroxyl groups is 1. The molecule has 3 aliphatic rings. The molecule has 3 fully saturated rings. The van der Waals surface area contributed by atoms with Gasteiger partial charge in [0.1, 0.15) is 17.4 Å². The number of hydrogen-bond acceptors (Lipinski definition) is 6. The highest BCUT2D eigenvalue weighted by molar-refractivity contribution is 6.31. The molecule has 0 spiro atoms. The Kier molecular flexibility index (Phi) is 6.19. The Morgan fingerprint density at radius 1 is 1.09 bits per heavy atom. The fourth-order valence-corrected chi connectivity index (χ4v) is 5.26. The van der Waals surface area contributed by atoms with E-state index in [2.05, 4.69) is 15.5 Å². The number of amides is 1. The summed E-state index contributed by atoms with van der Waals surface area (Å²) in [7, 11) is 0. The number of carbonyl (C=O) groups excluding carboxylic acids is 1. The fourth-order valence-electron chi connectivity index (χ4n) is 5.03. The van der Waals surface area contributed by atoms with Crippen LogP contribution in [0.5, 0.6) is 5.75 Å². The number of aliphatic hydroxyl groups excluding tert-OH is 1. The molecular formula is C24H21Cl2F2N3O4. The Morgan fingerprint density at radius 3 is 2.43 bits per heavy atom. The van der Waals surface area contributed by atoms with E-state index in [0.29, 0.717) is 43.6 Å². The molecule has 3 saturated carbocycles. The molecule has 3 aliphatic carbocycles. The predicted molar refractivity (Wildman–Crippen MR) is 123 cm³/mol. The molecule has 2 N–H and O–H groups in total. The Hall–Kier alpha value is -2.75. The largest absolute Gasteiger partial charge is 0.484 e. The highest BCUT2D eigenvalue weighted by Gasteiger charge is 2.58. The molecule has 184 valence electrons. The minimum absolute atomic E-state index is 0.00816. The Balaban J connectivity index is 1.24. The topological polar surface area (TPSA) is 97.5 Å². The normalized spacial score (nSPS) is 25.5. The lowest BCUT2D eigenvalue weighted by Gasteiger charge is -2.54. The van der Waals surface area contributed by atoms with Crippen LogP contribution in [0, 0.1) is 11.6 Å². The minimum atomic E-state index is -0.827. The molecule has 6 rings (SSSR count). The second kappa shape index (κ2) is 9.04. The smallest absolute Gasteiger partial charge is 0.258 e. The van der Waals surface area contributed by atoms with E-state index in [1.807, 2.05) is 0 Å². The molecule has 0 aliphatic heterocycles. The van der Waals surface area contributed by atoms with Gasteiger partial charge >= 0.3 is 0 Å². The molecule has 0 saturated heterocycles. The summed E-state index contributed by atoms with van der Waals surface area (Å²) in [6, 6.07) is 8.16. The van der Waals surface area contributed by atoms with E-state index < -0.39 is 28.7 Å². The van der Waals surface area contributed by atoms with Gasteiger partial charge in [-0.3, -0.25) is 4.79 Å². The number of rotatable bonds is 6. The first-order valence-electron chi connectivity index (χ1n) is 11.1. The molecule has 7 nitrogen and oxygen atoms in total. The molecule has 1 aromatic heterocycles. The average Bonchev–Trinajstić information content (AvgIpc) is 3.33. The van der Waals surface area contributed by atoms with E-state index in [1.165, 1.54) is 24.3 Å². The Bertz CT molecular complexity index is 1280. The number of hydrogen-bond donors (Lipinski definition) is 2. The summed E-state index contributed by atoms with van der Waals surface area (Å²) in [6.07, 6.45) is 1.72. The van der Waals surface area contributed by atoms with Crippen molar-refractivity contribution < 1.29 is 27.8 Å². The van der Waals surface area contributed by atoms with Crippen molar-refractivity contribution in [2.24, 2.45) is 0 Å². The summed E-state index contributed by atoms with van der Waals surface area (Å²) in [5.41, 5.74) is -0.931. The Labute approximate surface area is 209 Å². The molecule has 1 unspecified atom stereocenters. The Morgan fingerprint density at radius 2 is 1.77 bits per heavy atom. The lowest BCUT2D eigenvalue weighted by molar-refractivity contribution is -0.129. The lowest BCUT2D eigenvalue weighted by Crippen LogP contribution is -2.64. The van der Waals surface area contributed by atoms with Crippen LogP contribution in [0.1, 0.15) is 38.0 Å². The highest BCUT2D eigenvalue weighted by atomic mass is 35.5. The van der Waals surface area contributed by atoms with E-state index in [0.717, 1.165) is 6.07 Å². The third kappa shape index (κ3) is 4.48. The van der Waals surface area contributed by atoms with E-state index in [1.54, 1.807) is 6.07 Å². The molecule has 1 amide bonds. The summed E-state index contributed by atoms with van der Waals surface area (Å²) in [5.74, 6) is -0.965. The van der Waals surface area contributed by atoms with Gasteiger partial charge in [-0.15, -0.1) is 10.2 Å². The SMILES string of the molecule is O=C(COc1ccc(Cl)c(F)c1)NC12CCC(c3nnc(-c4ccc(Cl)c(F)c4)o3)(CC1)C(O)C2. The molecule has 11 heteroatoms. The van der Waals surface area contributed by atoms with Gasteiger partial charge in [-0.05, 0) is 62.4 Å². The monoisotopic (exact) mass is 523 g/mol. The first kappa shape index (κ1) is 24.0. The van der Waals surface area contributed by atoms with E-state index >= 15 is 0 Å². The molecule has 2 bridgehead atoms. The molecule has 2 aromatic carbocycles. The van der Waals surface area contributed by atoms with Crippen molar-refractivity contribution in [3.8, 4) is 17.2 Å². The van der Waals surface area contributed by atoms with Crippen LogP contribution in [-0.4, -0.2) is 39.5 Å². The van der Waals surface area contributed by atoms with Gasteiger partial charge in [0.15, 0.2) is 6.61 Å². The zero-order valence-corrected chi connectivity index (χ0v) is 19.9. The lowest BCUT2D eigenvalue weighted by atomic mass is 9.55. The van der Waals surface area contributed by atoms with Crippen molar-refractivity contribution >= 4 is 29.1 Å². The van der Waals surface area contributed by atoms with Crippen LogP contribution in [0.3, 0.4) is 0 Å². The summed E-state index contributed by atoms with van der Waals surface area (Å²) in [4.78, 5) is 12.6. The number of aromatic nitrogens is 2. The van der Waals surface area contributed by atoms with Crippen molar-refractivity contribution in [2.45, 2.75) is 49.2 Å². The molecular weight excluding hydrogens is 503 g/mol. The van der Waals surface area contributed by atoms with Gasteiger partial charge < -0.3 is 19.6 Å². The summed E-state index contributed by atoms with van der Waals surface area (Å²) >= 11 is 11.4. The second-order valence-corrected chi connectivity index (χ2v) is 9.92. The summed E-state index contributed by atoms with van der Waals surface area (Å²) < 4.78 is 38.7. The van der Waals surface area contributed by atoms with E-state index in [9.17, 15) is 18.7 Å². The van der Waals surface area contributed by atoms with Crippen LogP contribution in [0.25, 0.3) is 11.5 Å². The zero-order chi connectivity index (χ0) is 24.8. The molecule has 0 radical (unpaired) electrons. The number of nitrogens with one attached hydrogen (secondary N) is 1. The second-order valence-electron chi connectivity index (χ2n) is 9.11. The highest BCUT2D eigenvalue weighted by Crippen LogP contribution is 2.53. The molecule has 1 heterocycles. The third-order valence-corrected chi connectivity index (χ3v) is 7.62. The number of halogens is 4. The van der Waals surface area contributed by atoms with Gasteiger partial charge in [0.05, 0.1) is 21.6 Å². The maximum atomic E-state index is 13.8. The van der Waals surface area contributed by atoms with Gasteiger partial charge in [-0.2, -0.15) is 0 Å². The molecule has 35 heavy (non-hydrogen) atoms. The van der Waals surface area contributed by atoms with Crippen LogP contribution < -0.4 is 10.1 Å². The number of carbonyl (C=O) groups is 1. The maximum Gasteiger partial charge on any atom is 0.258 e. The van der Waals surface area contributed by atoms with E-state index in [-0.39, 0.29) is 34.2 Å². The van der Waals surface area contributed by atoms with Crippen LogP contribution >= 0.6 is 23.2 Å². The summed E-state index contributed by atoms with van der Waals surface area (Å²) in [5, 5.41) is 22.2. The number of ether oxygens (including phenoxy) is 1. The first-order valence-corrected chi connectivity index (χ1v) is 11.8. The van der Waals surface area contributed by atoms with Crippen molar-refractivity contribution in [2.75, 3.05) is 6.61 Å². The van der Waals surface area contributed by atoms with Crippen molar-refractivity contribution in [1.82, 2.24) is 15.5 Å². The number of fused-ring (bicyclic) bond motifs is 3. The van der Waals surface area contributed by atoms with Crippen LogP contribution in [0.15, 0.2) is 40.8 Å². The first-order chi connectivity index (χ1) is 16.7. The molecule has 1 atom stereocenters. The third-order valence-electron chi connectivity index (χ3n) is 7.00. The molecule has 3 aromatic rings. The predicted octanol–water partition coefficient (Wildman–Crippen LogP) is 4.83. The van der Waals surface area contributed by atoms with Crippen molar-refractivity contribution in [1.29, 1.82) is 0 Å². The van der Waals surface area contributed by atoms with E-state index in [4.69, 9.17) is 32.4 Å². The average molecular weight is 524 g/mol. The van der Waals surface area contributed by atoms with Gasteiger partial charge in [0, 0.05) is 17.2 Å². The summed E-state index contributed by atoms with van der Waals surface area (Å²) in [6.45, 7) is -0.297. The van der Waals surface area contributed by atoms with Crippen LogP contribution in [0.4, 0.5) is 8.78 Å². The standard InChI is InChI=1S/C24H21Cl2F2N3O4/c25-15-3-1-13(9-17(15)27)21-30-31-22(35-21)24-7-5-23(6-8-24,11-19(24)32)29-20(33)12-34-14-2-4-16(26)18(28)10-14/h1-4,9-10,19,32H,5-8,11-12H2,(H,29,33). The van der Waals surface area contributed by atoms with Gasteiger partial charge in [0.2, 0.25) is 11.8 Å². The van der Waals surface area contributed by atoms with Crippen molar-refractivity contribution in [3.05, 3.63) is 64.0 Å². The number of benzene rings is 2. The fraction of sp³-hybridized carbons (Fsp3) is 0.375. The van der Waals surface area contributed by atoms with Crippen LogP contribution in [-0.2, 0) is 10.2 Å². The van der Waals surface area contributed by atoms with Gasteiger partial charge in [-0.1, -0.05) is 23.2 Å². The minimum Gasteiger partial charge on any atom is -0.484 e. The number of nitrogens with zero attached hydrogens (tertiary/aromatic N) is 2. The quantitative estimate of drug-likeness (QED) is 0.480. The van der Waals surface area contributed by atoms with Crippen molar-refractivity contribution in [3.63, 3.8) is 0 Å².